The first-order valence-electron chi connectivity index (χ1n) is 6.50. The molecule has 21 heavy (non-hydrogen) atoms. The fraction of sp³-hybridized carbons (Fsp3) is 0.125. The average molecular weight is 284 g/mol. The molecule has 106 valence electrons. The van der Waals surface area contributed by atoms with Crippen LogP contribution in [-0.4, -0.2) is 10.9 Å². The van der Waals surface area contributed by atoms with E-state index in [9.17, 15) is 9.18 Å². The molecule has 5 heteroatoms. The van der Waals surface area contributed by atoms with Gasteiger partial charge in [0.1, 0.15) is 11.3 Å². The predicted molar refractivity (Wildman–Crippen MR) is 77.0 cm³/mol. The number of aromatic nitrogens is 1. The zero-order valence-electron chi connectivity index (χ0n) is 11.3. The molecule has 0 saturated heterocycles. The van der Waals surface area contributed by atoms with Crippen LogP contribution in [0.25, 0.3) is 22.6 Å². The Morgan fingerprint density at radius 2 is 1.95 bits per heavy atom. The van der Waals surface area contributed by atoms with Crippen LogP contribution in [0.2, 0.25) is 0 Å². The van der Waals surface area contributed by atoms with Gasteiger partial charge in [0, 0.05) is 5.56 Å². The molecule has 2 N–H and O–H groups in total. The molecule has 0 fully saturated rings. The smallest absolute Gasteiger partial charge is 0.227 e. The van der Waals surface area contributed by atoms with Gasteiger partial charge in [0.2, 0.25) is 11.8 Å². The zero-order chi connectivity index (χ0) is 15.0. The Labute approximate surface area is 120 Å². The Kier molecular flexibility index (Phi) is 3.17. The lowest BCUT2D eigenvalue weighted by Gasteiger charge is -2.06. The number of primary amides is 1. The molecule has 1 atom stereocenters. The minimum atomic E-state index is -0.392. The van der Waals surface area contributed by atoms with Crippen LogP contribution in [-0.2, 0) is 4.79 Å². The van der Waals surface area contributed by atoms with Crippen LogP contribution in [0.5, 0.6) is 0 Å². The van der Waals surface area contributed by atoms with E-state index in [0.717, 1.165) is 5.56 Å². The molecule has 0 saturated carbocycles. The molecule has 0 aliphatic rings. The van der Waals surface area contributed by atoms with Gasteiger partial charge in [-0.15, -0.1) is 0 Å². The summed E-state index contributed by atoms with van der Waals surface area (Å²) in [6.07, 6.45) is 0. The highest BCUT2D eigenvalue weighted by Crippen LogP contribution is 2.27. The van der Waals surface area contributed by atoms with E-state index in [1.54, 1.807) is 37.3 Å². The van der Waals surface area contributed by atoms with E-state index in [1.807, 2.05) is 0 Å². The van der Waals surface area contributed by atoms with E-state index in [4.69, 9.17) is 10.2 Å². The number of amides is 1. The summed E-state index contributed by atoms with van der Waals surface area (Å²) >= 11 is 0. The van der Waals surface area contributed by atoms with Gasteiger partial charge in [-0.05, 0) is 48.9 Å². The summed E-state index contributed by atoms with van der Waals surface area (Å²) in [6.45, 7) is 1.74. The molecule has 0 aliphatic carbocycles. The van der Waals surface area contributed by atoms with E-state index >= 15 is 0 Å². The Balaban J connectivity index is 2.04. The number of nitrogens with zero attached hydrogens (tertiary/aromatic N) is 1. The lowest BCUT2D eigenvalue weighted by atomic mass is 10.0. The van der Waals surface area contributed by atoms with Crippen molar-refractivity contribution < 1.29 is 13.6 Å². The van der Waals surface area contributed by atoms with Gasteiger partial charge in [0.25, 0.3) is 0 Å². The summed E-state index contributed by atoms with van der Waals surface area (Å²) in [5, 5.41) is 0. The summed E-state index contributed by atoms with van der Waals surface area (Å²) < 4.78 is 18.6. The topological polar surface area (TPSA) is 69.1 Å². The number of hydrogen-bond donors (Lipinski definition) is 1. The number of nitrogens with two attached hydrogens (primary N) is 1. The SMILES string of the molecule is CC(C(N)=O)c1ccc2oc(-c3ccc(F)cc3)nc2c1. The maximum absolute atomic E-state index is 12.9. The Bertz CT molecular complexity index is 809. The third-order valence-electron chi connectivity index (χ3n) is 3.43. The highest BCUT2D eigenvalue weighted by Gasteiger charge is 2.14. The number of halogens is 1. The van der Waals surface area contributed by atoms with Gasteiger partial charge in [0.15, 0.2) is 5.58 Å². The lowest BCUT2D eigenvalue weighted by Crippen LogP contribution is -2.18. The van der Waals surface area contributed by atoms with Crippen LogP contribution in [0.3, 0.4) is 0 Å². The Morgan fingerprint density at radius 3 is 2.62 bits per heavy atom. The lowest BCUT2D eigenvalue weighted by molar-refractivity contribution is -0.119. The first-order chi connectivity index (χ1) is 10.0. The number of hydrogen-bond acceptors (Lipinski definition) is 3. The van der Waals surface area contributed by atoms with Crippen molar-refractivity contribution in [2.45, 2.75) is 12.8 Å². The fourth-order valence-corrected chi connectivity index (χ4v) is 2.09. The summed E-state index contributed by atoms with van der Waals surface area (Å²) in [6, 6.07) is 11.2. The number of fused-ring (bicyclic) bond motifs is 1. The first kappa shape index (κ1) is 13.3. The third kappa shape index (κ3) is 2.50. The van der Waals surface area contributed by atoms with E-state index in [-0.39, 0.29) is 11.7 Å². The van der Waals surface area contributed by atoms with Gasteiger partial charge in [-0.1, -0.05) is 6.07 Å². The molecular formula is C16H13FN2O2. The van der Waals surface area contributed by atoms with Crippen LogP contribution in [0.1, 0.15) is 18.4 Å². The van der Waals surface area contributed by atoms with E-state index < -0.39 is 5.91 Å². The largest absolute Gasteiger partial charge is 0.436 e. The van der Waals surface area contributed by atoms with Crippen molar-refractivity contribution in [2.75, 3.05) is 0 Å². The molecular weight excluding hydrogens is 271 g/mol. The summed E-state index contributed by atoms with van der Waals surface area (Å²) in [5.74, 6) is -0.682. The maximum Gasteiger partial charge on any atom is 0.227 e. The molecule has 0 radical (unpaired) electrons. The molecule has 4 nitrogen and oxygen atoms in total. The number of rotatable bonds is 3. The second-order valence-corrected chi connectivity index (χ2v) is 4.88. The summed E-state index contributed by atoms with van der Waals surface area (Å²) in [7, 11) is 0. The van der Waals surface area contributed by atoms with Gasteiger partial charge >= 0.3 is 0 Å². The molecule has 3 rings (SSSR count). The Hall–Kier alpha value is -2.69. The number of benzene rings is 2. The van der Waals surface area contributed by atoms with Crippen molar-refractivity contribution in [2.24, 2.45) is 5.73 Å². The standard InChI is InChI=1S/C16H13FN2O2/c1-9(15(18)20)11-4-7-14-13(8-11)19-16(21-14)10-2-5-12(17)6-3-10/h2-9H,1H3,(H2,18,20). The number of carbonyl (C=O) groups is 1. The van der Waals surface area contributed by atoms with Crippen molar-refractivity contribution in [3.63, 3.8) is 0 Å². The minimum absolute atomic E-state index is 0.313. The minimum Gasteiger partial charge on any atom is -0.436 e. The number of oxazole rings is 1. The van der Waals surface area contributed by atoms with Crippen LogP contribution in [0, 0.1) is 5.82 Å². The summed E-state index contributed by atoms with van der Waals surface area (Å²) in [5.41, 5.74) is 8.03. The average Bonchev–Trinajstić information content (AvgIpc) is 2.89. The molecule has 1 heterocycles. The third-order valence-corrected chi connectivity index (χ3v) is 3.43. The van der Waals surface area contributed by atoms with Crippen molar-refractivity contribution in [1.29, 1.82) is 0 Å². The molecule has 3 aromatic rings. The molecule has 1 aromatic heterocycles. The van der Waals surface area contributed by atoms with Crippen molar-refractivity contribution >= 4 is 17.0 Å². The highest BCUT2D eigenvalue weighted by atomic mass is 19.1. The predicted octanol–water partition coefficient (Wildman–Crippen LogP) is 3.22. The molecule has 1 unspecified atom stereocenters. The van der Waals surface area contributed by atoms with E-state index in [2.05, 4.69) is 4.98 Å². The normalized spacial score (nSPS) is 12.5. The molecule has 1 amide bonds. The van der Waals surface area contributed by atoms with Crippen LogP contribution in [0.4, 0.5) is 4.39 Å². The van der Waals surface area contributed by atoms with E-state index in [1.165, 1.54) is 12.1 Å². The van der Waals surface area contributed by atoms with Crippen LogP contribution >= 0.6 is 0 Å². The fourth-order valence-electron chi connectivity index (χ4n) is 2.09. The van der Waals surface area contributed by atoms with E-state index in [0.29, 0.717) is 22.6 Å². The molecule has 0 bridgehead atoms. The first-order valence-corrected chi connectivity index (χ1v) is 6.50. The van der Waals surface area contributed by atoms with Crippen molar-refractivity contribution in [3.8, 4) is 11.5 Å². The quantitative estimate of drug-likeness (QED) is 0.802. The van der Waals surface area contributed by atoms with Crippen molar-refractivity contribution in [3.05, 3.63) is 53.8 Å². The molecule has 2 aromatic carbocycles. The maximum atomic E-state index is 12.9. The Morgan fingerprint density at radius 1 is 1.24 bits per heavy atom. The number of carbonyl (C=O) groups excluding carboxylic acids is 1. The van der Waals surface area contributed by atoms with Crippen LogP contribution < -0.4 is 5.73 Å². The van der Waals surface area contributed by atoms with Crippen LogP contribution in [0.15, 0.2) is 46.9 Å². The van der Waals surface area contributed by atoms with Gasteiger partial charge in [-0.2, -0.15) is 0 Å². The van der Waals surface area contributed by atoms with Gasteiger partial charge in [-0.25, -0.2) is 9.37 Å². The molecule has 0 aliphatic heterocycles. The monoisotopic (exact) mass is 284 g/mol. The van der Waals surface area contributed by atoms with Crippen molar-refractivity contribution in [1.82, 2.24) is 4.98 Å². The van der Waals surface area contributed by atoms with Gasteiger partial charge < -0.3 is 10.2 Å². The summed E-state index contributed by atoms with van der Waals surface area (Å²) in [4.78, 5) is 15.6. The highest BCUT2D eigenvalue weighted by molar-refractivity contribution is 5.84. The zero-order valence-corrected chi connectivity index (χ0v) is 11.3. The second-order valence-electron chi connectivity index (χ2n) is 4.88. The second kappa shape index (κ2) is 5.01. The van der Waals surface area contributed by atoms with Gasteiger partial charge in [-0.3, -0.25) is 4.79 Å². The molecule has 0 spiro atoms. The van der Waals surface area contributed by atoms with Gasteiger partial charge in [0.05, 0.1) is 5.92 Å².